The summed E-state index contributed by atoms with van der Waals surface area (Å²) in [5.41, 5.74) is 1.39. The van der Waals surface area contributed by atoms with Gasteiger partial charge in [0.2, 0.25) is 0 Å². The van der Waals surface area contributed by atoms with Gasteiger partial charge in [-0.25, -0.2) is 0 Å². The first-order valence-electron chi connectivity index (χ1n) is 6.37. The molecule has 1 aromatic rings. The standard InChI is InChI=1S/C15H25NO.ClH/c1-6-15(12(2)11-16(3)4)13-8-7-9-14(10-13)17-5;/h7-10,12,15H,6,11H2,1-5H3;1H/t12-,15+;/m1./s1. The van der Waals surface area contributed by atoms with Crippen molar-refractivity contribution in [3.8, 4) is 5.75 Å². The Hall–Kier alpha value is -0.730. The average molecular weight is 272 g/mol. The number of nitrogens with zero attached hydrogens (tertiary/aromatic N) is 1. The van der Waals surface area contributed by atoms with E-state index in [1.165, 1.54) is 12.0 Å². The largest absolute Gasteiger partial charge is 0.497 e. The van der Waals surface area contributed by atoms with Crippen LogP contribution < -0.4 is 4.74 Å². The highest BCUT2D eigenvalue weighted by atomic mass is 35.5. The van der Waals surface area contributed by atoms with Gasteiger partial charge >= 0.3 is 0 Å². The van der Waals surface area contributed by atoms with Gasteiger partial charge in [0.05, 0.1) is 7.11 Å². The number of ether oxygens (including phenoxy) is 1. The van der Waals surface area contributed by atoms with Crippen molar-refractivity contribution >= 4 is 12.4 Å². The number of benzene rings is 1. The number of rotatable bonds is 6. The molecule has 2 atom stereocenters. The summed E-state index contributed by atoms with van der Waals surface area (Å²) in [5, 5.41) is 0. The highest BCUT2D eigenvalue weighted by Gasteiger charge is 2.18. The maximum Gasteiger partial charge on any atom is 0.119 e. The van der Waals surface area contributed by atoms with Crippen LogP contribution in [0.2, 0.25) is 0 Å². The molecule has 0 saturated heterocycles. The molecule has 0 bridgehead atoms. The fraction of sp³-hybridized carbons (Fsp3) is 0.600. The number of hydrogen-bond acceptors (Lipinski definition) is 2. The van der Waals surface area contributed by atoms with Crippen LogP contribution in [0.4, 0.5) is 0 Å². The zero-order chi connectivity index (χ0) is 12.8. The van der Waals surface area contributed by atoms with E-state index in [9.17, 15) is 0 Å². The molecule has 0 N–H and O–H groups in total. The zero-order valence-corrected chi connectivity index (χ0v) is 13.0. The van der Waals surface area contributed by atoms with Crippen molar-refractivity contribution in [3.63, 3.8) is 0 Å². The maximum absolute atomic E-state index is 5.30. The van der Waals surface area contributed by atoms with E-state index in [4.69, 9.17) is 4.74 Å². The van der Waals surface area contributed by atoms with Crippen molar-refractivity contribution in [1.29, 1.82) is 0 Å². The third kappa shape index (κ3) is 4.87. The second-order valence-corrected chi connectivity index (χ2v) is 5.03. The Morgan fingerprint density at radius 2 is 1.94 bits per heavy atom. The molecular formula is C15H26ClNO. The first-order chi connectivity index (χ1) is 8.08. The second kappa shape index (κ2) is 8.39. The first kappa shape index (κ1) is 17.3. The Balaban J connectivity index is 0.00000289. The van der Waals surface area contributed by atoms with Crippen molar-refractivity contribution in [3.05, 3.63) is 29.8 Å². The third-order valence-corrected chi connectivity index (χ3v) is 3.30. The van der Waals surface area contributed by atoms with Crippen LogP contribution in [0.25, 0.3) is 0 Å². The molecule has 0 fully saturated rings. The Morgan fingerprint density at radius 3 is 2.44 bits per heavy atom. The molecule has 0 spiro atoms. The van der Waals surface area contributed by atoms with Crippen LogP contribution in [-0.2, 0) is 0 Å². The lowest BCUT2D eigenvalue weighted by molar-refractivity contribution is 0.301. The van der Waals surface area contributed by atoms with Gasteiger partial charge in [-0.1, -0.05) is 26.0 Å². The fourth-order valence-electron chi connectivity index (χ4n) is 2.54. The van der Waals surface area contributed by atoms with Crippen LogP contribution >= 0.6 is 12.4 Å². The zero-order valence-electron chi connectivity index (χ0n) is 12.1. The Bertz CT molecular complexity index is 341. The molecular weight excluding hydrogens is 246 g/mol. The Morgan fingerprint density at radius 1 is 1.28 bits per heavy atom. The van der Waals surface area contributed by atoms with E-state index in [1.807, 2.05) is 6.07 Å². The summed E-state index contributed by atoms with van der Waals surface area (Å²) in [4.78, 5) is 2.26. The number of methoxy groups -OCH3 is 1. The molecule has 0 aliphatic carbocycles. The number of halogens is 1. The van der Waals surface area contributed by atoms with E-state index >= 15 is 0 Å². The molecule has 0 radical (unpaired) electrons. The predicted octanol–water partition coefficient (Wildman–Crippen LogP) is 3.81. The van der Waals surface area contributed by atoms with E-state index in [-0.39, 0.29) is 12.4 Å². The van der Waals surface area contributed by atoms with Crippen LogP contribution in [0.5, 0.6) is 5.75 Å². The van der Waals surface area contributed by atoms with Crippen molar-refractivity contribution in [2.45, 2.75) is 26.2 Å². The van der Waals surface area contributed by atoms with Crippen LogP contribution in [0.1, 0.15) is 31.7 Å². The molecule has 0 amide bonds. The highest BCUT2D eigenvalue weighted by molar-refractivity contribution is 5.85. The first-order valence-corrected chi connectivity index (χ1v) is 6.37. The van der Waals surface area contributed by atoms with Crippen LogP contribution in [0, 0.1) is 5.92 Å². The Kier molecular flexibility index (Phi) is 8.05. The van der Waals surface area contributed by atoms with Gasteiger partial charge in [0.25, 0.3) is 0 Å². The minimum absolute atomic E-state index is 0. The molecule has 0 heterocycles. The summed E-state index contributed by atoms with van der Waals surface area (Å²) in [5.74, 6) is 2.22. The van der Waals surface area contributed by atoms with Crippen LogP contribution in [0.3, 0.4) is 0 Å². The summed E-state index contributed by atoms with van der Waals surface area (Å²) < 4.78 is 5.30. The van der Waals surface area contributed by atoms with Gasteiger partial charge in [0.1, 0.15) is 5.75 Å². The van der Waals surface area contributed by atoms with Gasteiger partial charge in [-0.15, -0.1) is 12.4 Å². The smallest absolute Gasteiger partial charge is 0.119 e. The summed E-state index contributed by atoms with van der Waals surface area (Å²) in [6, 6.07) is 8.47. The SMILES string of the molecule is CC[C@H](c1cccc(OC)c1)[C@H](C)CN(C)C.Cl. The van der Waals surface area contributed by atoms with E-state index in [2.05, 4.69) is 51.0 Å². The highest BCUT2D eigenvalue weighted by Crippen LogP contribution is 2.30. The minimum Gasteiger partial charge on any atom is -0.497 e. The van der Waals surface area contributed by atoms with Gasteiger partial charge in [-0.05, 0) is 50.0 Å². The molecule has 0 aliphatic rings. The normalized spacial score (nSPS) is 13.9. The molecule has 1 rings (SSSR count). The van der Waals surface area contributed by atoms with E-state index in [0.29, 0.717) is 11.8 Å². The number of hydrogen-bond donors (Lipinski definition) is 0. The van der Waals surface area contributed by atoms with Crippen LogP contribution in [0.15, 0.2) is 24.3 Å². The molecule has 18 heavy (non-hydrogen) atoms. The molecule has 0 aliphatic heterocycles. The van der Waals surface area contributed by atoms with Crippen molar-refractivity contribution in [1.82, 2.24) is 4.90 Å². The lowest BCUT2D eigenvalue weighted by Crippen LogP contribution is -2.24. The van der Waals surface area contributed by atoms with Gasteiger partial charge in [-0.3, -0.25) is 0 Å². The van der Waals surface area contributed by atoms with Gasteiger partial charge < -0.3 is 9.64 Å². The quantitative estimate of drug-likeness (QED) is 0.780. The lowest BCUT2D eigenvalue weighted by atomic mass is 9.85. The lowest BCUT2D eigenvalue weighted by Gasteiger charge is -2.26. The van der Waals surface area contributed by atoms with Gasteiger partial charge in [-0.2, -0.15) is 0 Å². The van der Waals surface area contributed by atoms with Crippen LogP contribution in [-0.4, -0.2) is 32.6 Å². The van der Waals surface area contributed by atoms with Gasteiger partial charge in [0, 0.05) is 6.54 Å². The van der Waals surface area contributed by atoms with E-state index < -0.39 is 0 Å². The molecule has 1 aromatic carbocycles. The summed E-state index contributed by atoms with van der Waals surface area (Å²) >= 11 is 0. The Labute approximate surface area is 118 Å². The monoisotopic (exact) mass is 271 g/mol. The van der Waals surface area contributed by atoms with E-state index in [1.54, 1.807) is 7.11 Å². The summed E-state index contributed by atoms with van der Waals surface area (Å²) in [6.45, 7) is 5.71. The fourth-order valence-corrected chi connectivity index (χ4v) is 2.54. The second-order valence-electron chi connectivity index (χ2n) is 5.03. The molecule has 0 saturated carbocycles. The molecule has 3 heteroatoms. The topological polar surface area (TPSA) is 12.5 Å². The maximum atomic E-state index is 5.30. The van der Waals surface area contributed by atoms with Crippen molar-refractivity contribution in [2.75, 3.05) is 27.7 Å². The summed E-state index contributed by atoms with van der Waals surface area (Å²) in [6.07, 6.45) is 1.17. The molecule has 104 valence electrons. The van der Waals surface area contributed by atoms with E-state index in [0.717, 1.165) is 12.3 Å². The van der Waals surface area contributed by atoms with Gasteiger partial charge in [0.15, 0.2) is 0 Å². The van der Waals surface area contributed by atoms with Crippen molar-refractivity contribution < 1.29 is 4.74 Å². The molecule has 0 aromatic heterocycles. The third-order valence-electron chi connectivity index (χ3n) is 3.30. The predicted molar refractivity (Wildman–Crippen MR) is 81.0 cm³/mol. The molecule has 2 nitrogen and oxygen atoms in total. The van der Waals surface area contributed by atoms with Crippen molar-refractivity contribution in [2.24, 2.45) is 5.92 Å². The molecule has 0 unspecified atom stereocenters. The minimum atomic E-state index is 0. The average Bonchev–Trinajstić information content (AvgIpc) is 2.29. The summed E-state index contributed by atoms with van der Waals surface area (Å²) in [7, 11) is 5.99.